The Morgan fingerprint density at radius 2 is 1.83 bits per heavy atom. The van der Waals surface area contributed by atoms with Crippen LogP contribution in [-0.2, 0) is 9.59 Å². The third kappa shape index (κ3) is 4.53. The van der Waals surface area contributed by atoms with Gasteiger partial charge in [0.2, 0.25) is 17.6 Å². The van der Waals surface area contributed by atoms with Gasteiger partial charge in [-0.2, -0.15) is 0 Å². The van der Waals surface area contributed by atoms with Crippen LogP contribution in [0.2, 0.25) is 0 Å². The summed E-state index contributed by atoms with van der Waals surface area (Å²) in [6.45, 7) is 1.90. The summed E-state index contributed by atoms with van der Waals surface area (Å²) in [6, 6.07) is 3.69. The summed E-state index contributed by atoms with van der Waals surface area (Å²) in [5, 5.41) is 3.15. The van der Waals surface area contributed by atoms with Gasteiger partial charge in [-0.25, -0.2) is 0 Å². The smallest absolute Gasteiger partial charge is 0.228 e. The van der Waals surface area contributed by atoms with E-state index in [-0.39, 0.29) is 42.6 Å². The summed E-state index contributed by atoms with van der Waals surface area (Å²) < 4.78 is 16.1. The van der Waals surface area contributed by atoms with Crippen LogP contribution >= 0.6 is 12.4 Å². The molecule has 3 rings (SSSR count). The minimum atomic E-state index is -0.330. The average Bonchev–Trinajstić information content (AvgIpc) is 3.33. The van der Waals surface area contributed by atoms with Crippen molar-refractivity contribution >= 4 is 29.9 Å². The molecule has 2 unspecified atom stereocenters. The van der Waals surface area contributed by atoms with Crippen molar-refractivity contribution in [2.75, 3.05) is 52.9 Å². The Bertz CT molecular complexity index is 720. The number of hydrogen-bond donors (Lipinski definition) is 1. The molecule has 2 aliphatic rings. The first-order valence-corrected chi connectivity index (χ1v) is 9.59. The quantitative estimate of drug-likeness (QED) is 0.713. The second-order valence-corrected chi connectivity index (χ2v) is 7.17. The number of nitrogens with zero attached hydrogens (tertiary/aromatic N) is 2. The molecular formula is C20H30ClN3O5. The highest BCUT2D eigenvalue weighted by Crippen LogP contribution is 2.42. The zero-order chi connectivity index (χ0) is 20.3. The number of benzene rings is 1. The Hall–Kier alpha value is -2.19. The van der Waals surface area contributed by atoms with Crippen molar-refractivity contribution in [1.29, 1.82) is 0 Å². The van der Waals surface area contributed by atoms with Crippen molar-refractivity contribution < 1.29 is 23.8 Å². The highest BCUT2D eigenvalue weighted by molar-refractivity contribution is 6.00. The van der Waals surface area contributed by atoms with Crippen LogP contribution in [0.15, 0.2) is 12.1 Å². The van der Waals surface area contributed by atoms with E-state index in [0.717, 1.165) is 25.9 Å². The lowest BCUT2D eigenvalue weighted by Gasteiger charge is -2.27. The van der Waals surface area contributed by atoms with Crippen LogP contribution in [-0.4, -0.2) is 70.8 Å². The van der Waals surface area contributed by atoms with E-state index in [2.05, 4.69) is 5.32 Å². The minimum absolute atomic E-state index is 0. The molecule has 2 amide bonds. The van der Waals surface area contributed by atoms with Gasteiger partial charge in [0.15, 0.2) is 11.5 Å². The average molecular weight is 428 g/mol. The number of hydrogen-bond acceptors (Lipinski definition) is 6. The van der Waals surface area contributed by atoms with Gasteiger partial charge in [0.1, 0.15) is 0 Å². The van der Waals surface area contributed by atoms with E-state index in [1.165, 1.54) is 21.3 Å². The van der Waals surface area contributed by atoms with E-state index in [9.17, 15) is 9.59 Å². The SMILES string of the molecule is CNCC1CCCN1C(=O)C1CC(=O)N(c2cc(OC)c(OC)c(OC)c2)C1.Cl. The molecule has 2 atom stereocenters. The number of amides is 2. The Morgan fingerprint density at radius 1 is 1.17 bits per heavy atom. The highest BCUT2D eigenvalue weighted by atomic mass is 35.5. The van der Waals surface area contributed by atoms with Gasteiger partial charge < -0.3 is 29.3 Å². The third-order valence-corrected chi connectivity index (χ3v) is 5.54. The molecule has 0 saturated carbocycles. The minimum Gasteiger partial charge on any atom is -0.493 e. The summed E-state index contributed by atoms with van der Waals surface area (Å²) in [6.07, 6.45) is 2.23. The molecule has 2 heterocycles. The normalized spacial score (nSPS) is 21.2. The summed E-state index contributed by atoms with van der Waals surface area (Å²) in [5.74, 6) is 1.10. The van der Waals surface area contributed by atoms with Crippen molar-refractivity contribution in [3.8, 4) is 17.2 Å². The molecule has 9 heteroatoms. The number of carbonyl (C=O) groups excluding carboxylic acids is 2. The summed E-state index contributed by atoms with van der Waals surface area (Å²) in [5.41, 5.74) is 0.642. The lowest BCUT2D eigenvalue weighted by molar-refractivity contribution is -0.136. The Morgan fingerprint density at radius 3 is 2.38 bits per heavy atom. The molecule has 2 saturated heterocycles. The molecule has 8 nitrogen and oxygen atoms in total. The van der Waals surface area contributed by atoms with Gasteiger partial charge in [-0.15, -0.1) is 12.4 Å². The lowest BCUT2D eigenvalue weighted by atomic mass is 10.1. The fourth-order valence-corrected chi connectivity index (χ4v) is 4.15. The van der Waals surface area contributed by atoms with Gasteiger partial charge in [-0.05, 0) is 19.9 Å². The summed E-state index contributed by atoms with van der Waals surface area (Å²) >= 11 is 0. The second kappa shape index (κ2) is 10.0. The Balaban J connectivity index is 0.00000300. The fourth-order valence-electron chi connectivity index (χ4n) is 4.15. The second-order valence-electron chi connectivity index (χ2n) is 7.17. The molecule has 162 valence electrons. The first kappa shape index (κ1) is 23.1. The monoisotopic (exact) mass is 427 g/mol. The topological polar surface area (TPSA) is 80.3 Å². The number of carbonyl (C=O) groups is 2. The van der Waals surface area contributed by atoms with Crippen molar-refractivity contribution in [2.24, 2.45) is 5.92 Å². The Kier molecular flexibility index (Phi) is 7.98. The van der Waals surface area contributed by atoms with Crippen LogP contribution in [0.3, 0.4) is 0 Å². The number of ether oxygens (including phenoxy) is 3. The standard InChI is InChI=1S/C20H29N3O5.ClH/c1-21-11-14-6-5-7-22(14)20(25)13-8-18(24)23(12-13)15-9-16(26-2)19(28-4)17(10-15)27-3;/h9-10,13-14,21H,5-8,11-12H2,1-4H3;1H. The maximum Gasteiger partial charge on any atom is 0.228 e. The van der Waals surface area contributed by atoms with Gasteiger partial charge in [0.25, 0.3) is 0 Å². The highest BCUT2D eigenvalue weighted by Gasteiger charge is 2.40. The Labute approximate surface area is 177 Å². The number of halogens is 1. The summed E-state index contributed by atoms with van der Waals surface area (Å²) in [4.78, 5) is 29.3. The molecule has 0 spiro atoms. The maximum atomic E-state index is 13.1. The number of nitrogens with one attached hydrogen (secondary N) is 1. The van der Waals surface area contributed by atoms with Gasteiger partial charge in [0, 0.05) is 44.2 Å². The molecule has 2 aliphatic heterocycles. The lowest BCUT2D eigenvalue weighted by Crippen LogP contribution is -2.44. The van der Waals surface area contributed by atoms with E-state index >= 15 is 0 Å². The van der Waals surface area contributed by atoms with Gasteiger partial charge in [-0.1, -0.05) is 0 Å². The maximum absolute atomic E-state index is 13.1. The van der Waals surface area contributed by atoms with Crippen LogP contribution < -0.4 is 24.4 Å². The van der Waals surface area contributed by atoms with Gasteiger partial charge in [0.05, 0.1) is 32.9 Å². The number of likely N-dealkylation sites (tertiary alicyclic amines) is 1. The molecule has 1 aromatic carbocycles. The van der Waals surface area contributed by atoms with Crippen molar-refractivity contribution in [1.82, 2.24) is 10.2 Å². The molecule has 1 N–H and O–H groups in total. The predicted molar refractivity (Wildman–Crippen MR) is 112 cm³/mol. The molecule has 1 aromatic rings. The molecule has 29 heavy (non-hydrogen) atoms. The van der Waals surface area contributed by atoms with E-state index in [4.69, 9.17) is 14.2 Å². The molecular weight excluding hydrogens is 398 g/mol. The number of likely N-dealkylation sites (N-methyl/N-ethyl adjacent to an activating group) is 1. The van der Waals surface area contributed by atoms with Crippen LogP contribution in [0.25, 0.3) is 0 Å². The molecule has 2 fully saturated rings. The predicted octanol–water partition coefficient (Wildman–Crippen LogP) is 1.70. The summed E-state index contributed by atoms with van der Waals surface area (Å²) in [7, 11) is 6.50. The molecule has 0 aromatic heterocycles. The van der Waals surface area contributed by atoms with E-state index < -0.39 is 0 Å². The number of anilines is 1. The zero-order valence-corrected chi connectivity index (χ0v) is 18.2. The molecule has 0 radical (unpaired) electrons. The van der Waals surface area contributed by atoms with Crippen molar-refractivity contribution in [2.45, 2.75) is 25.3 Å². The van der Waals surface area contributed by atoms with Crippen LogP contribution in [0.5, 0.6) is 17.2 Å². The van der Waals surface area contributed by atoms with Crippen LogP contribution in [0.1, 0.15) is 19.3 Å². The number of rotatable bonds is 7. The molecule has 0 aliphatic carbocycles. The first-order valence-electron chi connectivity index (χ1n) is 9.59. The third-order valence-electron chi connectivity index (χ3n) is 5.54. The zero-order valence-electron chi connectivity index (χ0n) is 17.4. The van der Waals surface area contributed by atoms with Gasteiger partial charge in [-0.3, -0.25) is 9.59 Å². The number of methoxy groups -OCH3 is 3. The van der Waals surface area contributed by atoms with Crippen LogP contribution in [0.4, 0.5) is 5.69 Å². The fraction of sp³-hybridized carbons (Fsp3) is 0.600. The van der Waals surface area contributed by atoms with Gasteiger partial charge >= 0.3 is 0 Å². The molecule has 0 bridgehead atoms. The van der Waals surface area contributed by atoms with E-state index in [1.807, 2.05) is 11.9 Å². The van der Waals surface area contributed by atoms with E-state index in [1.54, 1.807) is 17.0 Å². The first-order chi connectivity index (χ1) is 13.5. The van der Waals surface area contributed by atoms with E-state index in [0.29, 0.717) is 29.5 Å². The van der Waals surface area contributed by atoms with Crippen molar-refractivity contribution in [3.05, 3.63) is 12.1 Å². The largest absolute Gasteiger partial charge is 0.493 e. The van der Waals surface area contributed by atoms with Crippen LogP contribution in [0, 0.1) is 5.92 Å². The van der Waals surface area contributed by atoms with Crippen molar-refractivity contribution in [3.63, 3.8) is 0 Å².